The third-order valence-electron chi connectivity index (χ3n) is 5.53. The molecule has 0 aliphatic rings. The third-order valence-corrected chi connectivity index (χ3v) is 5.53. The summed E-state index contributed by atoms with van der Waals surface area (Å²) in [7, 11) is 0. The normalized spacial score (nSPS) is 11.2. The number of nitrogens with two attached hydrogens (primary N) is 1. The summed E-state index contributed by atoms with van der Waals surface area (Å²) in [6, 6.07) is 20.8. The highest BCUT2D eigenvalue weighted by Crippen LogP contribution is 2.17. The average Bonchev–Trinajstić information content (AvgIpc) is 3.43. The first-order valence-electron chi connectivity index (χ1n) is 10.7. The number of hydrogen-bond donors (Lipinski definition) is 5. The van der Waals surface area contributed by atoms with Crippen LogP contribution in [0.3, 0.4) is 0 Å². The SMILES string of the molecule is N=C(N)c1ccc2nc(CCc3nc4ccc(C(=O)NCc5ccccc5)cc4[nH]3)[nH]c2c1. The quantitative estimate of drug-likeness (QED) is 0.197. The Labute approximate surface area is 189 Å². The molecular formula is C25H23N7O. The fraction of sp³-hybridized carbons (Fsp3) is 0.120. The van der Waals surface area contributed by atoms with Gasteiger partial charge >= 0.3 is 0 Å². The fourth-order valence-corrected chi connectivity index (χ4v) is 3.79. The molecule has 2 aromatic heterocycles. The van der Waals surface area contributed by atoms with Crippen molar-refractivity contribution >= 4 is 33.8 Å². The van der Waals surface area contributed by atoms with Gasteiger partial charge in [0.1, 0.15) is 17.5 Å². The number of nitrogens with one attached hydrogen (secondary N) is 4. The third kappa shape index (κ3) is 4.45. The van der Waals surface area contributed by atoms with Crippen LogP contribution in [0.2, 0.25) is 0 Å². The van der Waals surface area contributed by atoms with E-state index in [1.54, 1.807) is 12.1 Å². The number of amidine groups is 1. The van der Waals surface area contributed by atoms with Gasteiger partial charge in [0.15, 0.2) is 0 Å². The van der Waals surface area contributed by atoms with Crippen LogP contribution in [-0.2, 0) is 19.4 Å². The Morgan fingerprint density at radius 2 is 1.42 bits per heavy atom. The summed E-state index contributed by atoms with van der Waals surface area (Å²) < 4.78 is 0. The molecule has 8 nitrogen and oxygen atoms in total. The van der Waals surface area contributed by atoms with Crippen LogP contribution in [0.1, 0.15) is 33.1 Å². The maximum atomic E-state index is 12.6. The molecule has 3 aromatic carbocycles. The summed E-state index contributed by atoms with van der Waals surface area (Å²) >= 11 is 0. The van der Waals surface area contributed by atoms with E-state index in [4.69, 9.17) is 11.1 Å². The van der Waals surface area contributed by atoms with Crippen molar-refractivity contribution in [3.63, 3.8) is 0 Å². The van der Waals surface area contributed by atoms with Crippen LogP contribution >= 0.6 is 0 Å². The Morgan fingerprint density at radius 3 is 2.03 bits per heavy atom. The highest BCUT2D eigenvalue weighted by Gasteiger charge is 2.11. The lowest BCUT2D eigenvalue weighted by Crippen LogP contribution is -2.22. The summed E-state index contributed by atoms with van der Waals surface area (Å²) in [5.41, 5.74) is 11.2. The van der Waals surface area contributed by atoms with Crippen molar-refractivity contribution < 1.29 is 4.79 Å². The molecule has 6 N–H and O–H groups in total. The van der Waals surface area contributed by atoms with Crippen LogP contribution < -0.4 is 11.1 Å². The number of hydrogen-bond acceptors (Lipinski definition) is 4. The second kappa shape index (κ2) is 8.58. The summed E-state index contributed by atoms with van der Waals surface area (Å²) in [5.74, 6) is 1.58. The molecule has 0 saturated carbocycles. The number of aromatic nitrogens is 4. The Balaban J connectivity index is 1.26. The molecule has 5 rings (SSSR count). The van der Waals surface area contributed by atoms with Gasteiger partial charge in [-0.25, -0.2) is 9.97 Å². The van der Waals surface area contributed by atoms with Crippen LogP contribution in [0.5, 0.6) is 0 Å². The van der Waals surface area contributed by atoms with Crippen molar-refractivity contribution in [2.45, 2.75) is 19.4 Å². The minimum atomic E-state index is -0.121. The molecular weight excluding hydrogens is 414 g/mol. The van der Waals surface area contributed by atoms with E-state index in [1.807, 2.05) is 54.6 Å². The van der Waals surface area contributed by atoms with E-state index in [2.05, 4.69) is 25.3 Å². The van der Waals surface area contributed by atoms with E-state index < -0.39 is 0 Å². The van der Waals surface area contributed by atoms with Crippen LogP contribution in [0.4, 0.5) is 0 Å². The van der Waals surface area contributed by atoms with Crippen molar-refractivity contribution in [3.05, 3.63) is 95.1 Å². The summed E-state index contributed by atoms with van der Waals surface area (Å²) in [6.07, 6.45) is 1.35. The van der Waals surface area contributed by atoms with E-state index in [1.165, 1.54) is 0 Å². The number of fused-ring (bicyclic) bond motifs is 2. The lowest BCUT2D eigenvalue weighted by molar-refractivity contribution is 0.0951. The number of aromatic amines is 2. The van der Waals surface area contributed by atoms with E-state index in [9.17, 15) is 4.79 Å². The predicted molar refractivity (Wildman–Crippen MR) is 128 cm³/mol. The minimum absolute atomic E-state index is 0.0310. The van der Waals surface area contributed by atoms with Crippen LogP contribution in [0.15, 0.2) is 66.7 Å². The van der Waals surface area contributed by atoms with Gasteiger partial charge in [0.2, 0.25) is 0 Å². The van der Waals surface area contributed by atoms with Gasteiger partial charge in [-0.1, -0.05) is 30.3 Å². The molecule has 0 atom stereocenters. The summed E-state index contributed by atoms with van der Waals surface area (Å²) in [4.78, 5) is 28.4. The largest absolute Gasteiger partial charge is 0.384 e. The first-order valence-corrected chi connectivity index (χ1v) is 10.7. The number of nitrogens with zero attached hydrogens (tertiary/aromatic N) is 2. The minimum Gasteiger partial charge on any atom is -0.384 e. The standard InChI is InChI=1S/C25H23N7O/c26-24(27)16-6-8-18-20(12-16)31-22(29-18)10-11-23-30-19-9-7-17(13-21(19)32-23)25(33)28-14-15-4-2-1-3-5-15/h1-9,12-13H,10-11,14H2,(H3,26,27)(H,28,33)(H,29,31)(H,30,32). The highest BCUT2D eigenvalue weighted by molar-refractivity contribution is 5.98. The van der Waals surface area contributed by atoms with Crippen LogP contribution in [-0.4, -0.2) is 31.7 Å². The first-order chi connectivity index (χ1) is 16.0. The molecule has 0 unspecified atom stereocenters. The zero-order valence-corrected chi connectivity index (χ0v) is 17.9. The number of benzene rings is 3. The monoisotopic (exact) mass is 437 g/mol. The fourth-order valence-electron chi connectivity index (χ4n) is 3.79. The molecule has 5 aromatic rings. The molecule has 0 radical (unpaired) electrons. The molecule has 0 fully saturated rings. The van der Waals surface area contributed by atoms with Crippen molar-refractivity contribution in [1.82, 2.24) is 25.3 Å². The lowest BCUT2D eigenvalue weighted by Gasteiger charge is -2.05. The van der Waals surface area contributed by atoms with Gasteiger partial charge in [0.05, 0.1) is 22.1 Å². The molecule has 0 saturated heterocycles. The number of imidazole rings is 2. The molecule has 2 heterocycles. The number of nitrogen functional groups attached to an aromatic ring is 1. The van der Waals surface area contributed by atoms with Crippen molar-refractivity contribution in [3.8, 4) is 0 Å². The predicted octanol–water partition coefficient (Wildman–Crippen LogP) is 3.44. The molecule has 0 aliphatic heterocycles. The van der Waals surface area contributed by atoms with Gasteiger partial charge in [-0.15, -0.1) is 0 Å². The Kier molecular flexibility index (Phi) is 5.32. The van der Waals surface area contributed by atoms with E-state index in [0.717, 1.165) is 39.3 Å². The topological polar surface area (TPSA) is 136 Å². The molecule has 0 bridgehead atoms. The van der Waals surface area contributed by atoms with Crippen molar-refractivity contribution in [1.29, 1.82) is 5.41 Å². The van der Waals surface area contributed by atoms with E-state index in [-0.39, 0.29) is 11.7 Å². The Hall–Kier alpha value is -4.46. The smallest absolute Gasteiger partial charge is 0.251 e. The first kappa shape index (κ1) is 20.4. The molecule has 33 heavy (non-hydrogen) atoms. The van der Waals surface area contributed by atoms with Gasteiger partial charge in [-0.3, -0.25) is 10.2 Å². The van der Waals surface area contributed by atoms with E-state index >= 15 is 0 Å². The zero-order chi connectivity index (χ0) is 22.8. The second-order valence-electron chi connectivity index (χ2n) is 7.91. The molecule has 0 spiro atoms. The van der Waals surface area contributed by atoms with Crippen molar-refractivity contribution in [2.24, 2.45) is 5.73 Å². The average molecular weight is 438 g/mol. The maximum absolute atomic E-state index is 12.6. The van der Waals surface area contributed by atoms with Gasteiger partial charge in [-0.2, -0.15) is 0 Å². The number of amides is 1. The second-order valence-corrected chi connectivity index (χ2v) is 7.91. The summed E-state index contributed by atoms with van der Waals surface area (Å²) in [5, 5.41) is 10.5. The number of carbonyl (C=O) groups excluding carboxylic acids is 1. The van der Waals surface area contributed by atoms with Crippen LogP contribution in [0, 0.1) is 5.41 Å². The van der Waals surface area contributed by atoms with Gasteiger partial charge in [0, 0.05) is 30.5 Å². The Bertz CT molecular complexity index is 1470. The molecule has 8 heteroatoms. The number of rotatable bonds is 7. The van der Waals surface area contributed by atoms with E-state index in [0.29, 0.717) is 30.5 Å². The molecule has 0 aliphatic carbocycles. The highest BCUT2D eigenvalue weighted by atomic mass is 16.1. The maximum Gasteiger partial charge on any atom is 0.251 e. The summed E-state index contributed by atoms with van der Waals surface area (Å²) in [6.45, 7) is 0.483. The number of aryl methyl sites for hydroxylation is 2. The van der Waals surface area contributed by atoms with Crippen LogP contribution in [0.25, 0.3) is 22.1 Å². The zero-order valence-electron chi connectivity index (χ0n) is 17.9. The molecule has 164 valence electrons. The number of carbonyl (C=O) groups is 1. The lowest BCUT2D eigenvalue weighted by atomic mass is 10.1. The number of H-pyrrole nitrogens is 2. The van der Waals surface area contributed by atoms with Gasteiger partial charge in [0.25, 0.3) is 5.91 Å². The van der Waals surface area contributed by atoms with Gasteiger partial charge < -0.3 is 21.0 Å². The molecule has 1 amide bonds. The Morgan fingerprint density at radius 1 is 0.848 bits per heavy atom. The van der Waals surface area contributed by atoms with Gasteiger partial charge in [-0.05, 0) is 42.0 Å². The van der Waals surface area contributed by atoms with Crippen molar-refractivity contribution in [2.75, 3.05) is 0 Å².